The molecule has 0 radical (unpaired) electrons. The van der Waals surface area contributed by atoms with Crippen LogP contribution in [0.25, 0.3) is 0 Å². The molecule has 2 atom stereocenters. The first-order valence-corrected chi connectivity index (χ1v) is 4.90. The number of nitrogens with one attached hydrogen (secondary N) is 1. The first-order chi connectivity index (χ1) is 6.77. The molecule has 78 valence electrons. The van der Waals surface area contributed by atoms with Crippen molar-refractivity contribution in [2.75, 3.05) is 13.2 Å². The summed E-state index contributed by atoms with van der Waals surface area (Å²) in [5, 5.41) is 12.2. The maximum Gasteiger partial charge on any atom is 0.0597 e. The van der Waals surface area contributed by atoms with Crippen LogP contribution < -0.4 is 11.1 Å². The second kappa shape index (κ2) is 5.75. The van der Waals surface area contributed by atoms with E-state index in [0.717, 1.165) is 0 Å². The molecule has 1 aromatic rings. The summed E-state index contributed by atoms with van der Waals surface area (Å²) in [7, 11) is 0. The van der Waals surface area contributed by atoms with Gasteiger partial charge in [-0.15, -0.1) is 0 Å². The molecular formula is C11H18N2O. The number of hydrogen-bond donors (Lipinski definition) is 3. The molecule has 4 N–H and O–H groups in total. The molecule has 0 saturated carbocycles. The van der Waals surface area contributed by atoms with Crippen molar-refractivity contribution in [3.63, 3.8) is 0 Å². The molecule has 0 amide bonds. The van der Waals surface area contributed by atoms with E-state index in [1.165, 1.54) is 5.56 Å². The van der Waals surface area contributed by atoms with Gasteiger partial charge in [0, 0.05) is 18.6 Å². The summed E-state index contributed by atoms with van der Waals surface area (Å²) in [6.07, 6.45) is 0. The van der Waals surface area contributed by atoms with Crippen LogP contribution in [0.5, 0.6) is 0 Å². The van der Waals surface area contributed by atoms with Crippen LogP contribution in [0.15, 0.2) is 30.3 Å². The number of nitrogens with two attached hydrogens (primary N) is 1. The van der Waals surface area contributed by atoms with Gasteiger partial charge in [0.1, 0.15) is 0 Å². The Hall–Kier alpha value is -0.900. The lowest BCUT2D eigenvalue weighted by atomic mass is 10.1. The molecule has 0 spiro atoms. The molecule has 14 heavy (non-hydrogen) atoms. The zero-order valence-corrected chi connectivity index (χ0v) is 8.48. The molecule has 0 aliphatic heterocycles. The van der Waals surface area contributed by atoms with Crippen LogP contribution in [0.4, 0.5) is 0 Å². The van der Waals surface area contributed by atoms with Crippen LogP contribution in [-0.4, -0.2) is 24.3 Å². The molecule has 1 rings (SSSR count). The lowest BCUT2D eigenvalue weighted by Gasteiger charge is -2.20. The maximum absolute atomic E-state index is 8.98. The van der Waals surface area contributed by atoms with Gasteiger partial charge in [0.25, 0.3) is 0 Å². The smallest absolute Gasteiger partial charge is 0.0597 e. The van der Waals surface area contributed by atoms with Crippen molar-refractivity contribution >= 4 is 0 Å². The van der Waals surface area contributed by atoms with Crippen molar-refractivity contribution in [3.8, 4) is 0 Å². The predicted molar refractivity (Wildman–Crippen MR) is 57.9 cm³/mol. The van der Waals surface area contributed by atoms with E-state index in [9.17, 15) is 0 Å². The van der Waals surface area contributed by atoms with Gasteiger partial charge in [-0.05, 0) is 12.5 Å². The minimum Gasteiger partial charge on any atom is -0.395 e. The highest BCUT2D eigenvalue weighted by molar-refractivity contribution is 5.18. The summed E-state index contributed by atoms with van der Waals surface area (Å²) in [5.74, 6) is 0. The zero-order valence-electron chi connectivity index (χ0n) is 8.48. The predicted octanol–water partition coefficient (Wildman–Crippen LogP) is 0.657. The van der Waals surface area contributed by atoms with E-state index in [-0.39, 0.29) is 18.7 Å². The Morgan fingerprint density at radius 3 is 2.50 bits per heavy atom. The molecule has 1 aromatic carbocycles. The second-order valence-electron chi connectivity index (χ2n) is 3.41. The van der Waals surface area contributed by atoms with E-state index in [2.05, 4.69) is 24.4 Å². The van der Waals surface area contributed by atoms with Crippen molar-refractivity contribution in [1.82, 2.24) is 5.32 Å². The minimum atomic E-state index is -0.0230. The zero-order chi connectivity index (χ0) is 10.4. The fourth-order valence-corrected chi connectivity index (χ4v) is 1.39. The second-order valence-corrected chi connectivity index (χ2v) is 3.41. The van der Waals surface area contributed by atoms with Crippen molar-refractivity contribution < 1.29 is 5.11 Å². The third-order valence-corrected chi connectivity index (χ3v) is 2.29. The Morgan fingerprint density at radius 1 is 1.36 bits per heavy atom. The van der Waals surface area contributed by atoms with Crippen molar-refractivity contribution in [2.24, 2.45) is 5.73 Å². The van der Waals surface area contributed by atoms with Gasteiger partial charge < -0.3 is 16.2 Å². The number of aliphatic hydroxyl groups is 1. The van der Waals surface area contributed by atoms with Crippen LogP contribution in [-0.2, 0) is 0 Å². The lowest BCUT2D eigenvalue weighted by Crippen LogP contribution is -2.40. The van der Waals surface area contributed by atoms with Crippen LogP contribution in [0.3, 0.4) is 0 Å². The van der Waals surface area contributed by atoms with Gasteiger partial charge in [-0.2, -0.15) is 0 Å². The number of benzene rings is 1. The Kier molecular flexibility index (Phi) is 4.59. The summed E-state index contributed by atoms with van der Waals surface area (Å²) in [5.41, 5.74) is 6.69. The molecule has 3 nitrogen and oxygen atoms in total. The summed E-state index contributed by atoms with van der Waals surface area (Å²) < 4.78 is 0. The van der Waals surface area contributed by atoms with Crippen molar-refractivity contribution in [2.45, 2.75) is 19.0 Å². The number of aliphatic hydroxyl groups excluding tert-OH is 1. The van der Waals surface area contributed by atoms with E-state index in [1.54, 1.807) is 0 Å². The molecule has 0 heterocycles. The van der Waals surface area contributed by atoms with Crippen LogP contribution in [0.2, 0.25) is 0 Å². The molecule has 3 heteroatoms. The quantitative estimate of drug-likeness (QED) is 0.645. The Bertz CT molecular complexity index is 247. The molecule has 0 fully saturated rings. The first-order valence-electron chi connectivity index (χ1n) is 4.90. The number of hydrogen-bond acceptors (Lipinski definition) is 3. The fourth-order valence-electron chi connectivity index (χ4n) is 1.39. The van der Waals surface area contributed by atoms with Crippen LogP contribution >= 0.6 is 0 Å². The highest BCUT2D eigenvalue weighted by atomic mass is 16.3. The summed E-state index contributed by atoms with van der Waals surface area (Å²) in [6, 6.07) is 10.3. The van der Waals surface area contributed by atoms with Gasteiger partial charge in [-0.3, -0.25) is 0 Å². The van der Waals surface area contributed by atoms with E-state index < -0.39 is 0 Å². The molecule has 0 bridgehead atoms. The maximum atomic E-state index is 8.98. The molecule has 0 aromatic heterocycles. The third kappa shape index (κ3) is 3.10. The van der Waals surface area contributed by atoms with Crippen molar-refractivity contribution in [1.29, 1.82) is 0 Å². The van der Waals surface area contributed by atoms with Crippen LogP contribution in [0, 0.1) is 0 Å². The van der Waals surface area contributed by atoms with Gasteiger partial charge in [-0.25, -0.2) is 0 Å². The van der Waals surface area contributed by atoms with E-state index in [4.69, 9.17) is 10.8 Å². The SMILES string of the molecule is CC(NC(CN)CO)c1ccccc1. The molecular weight excluding hydrogens is 176 g/mol. The lowest BCUT2D eigenvalue weighted by molar-refractivity contribution is 0.237. The van der Waals surface area contributed by atoms with Gasteiger partial charge in [0.15, 0.2) is 0 Å². The van der Waals surface area contributed by atoms with E-state index in [1.807, 2.05) is 18.2 Å². The highest BCUT2D eigenvalue weighted by Crippen LogP contribution is 2.11. The first kappa shape index (κ1) is 11.2. The largest absolute Gasteiger partial charge is 0.395 e. The third-order valence-electron chi connectivity index (χ3n) is 2.29. The van der Waals surface area contributed by atoms with Crippen LogP contribution in [0.1, 0.15) is 18.5 Å². The average molecular weight is 194 g/mol. The van der Waals surface area contributed by atoms with Crippen molar-refractivity contribution in [3.05, 3.63) is 35.9 Å². The van der Waals surface area contributed by atoms with Gasteiger partial charge in [-0.1, -0.05) is 30.3 Å². The summed E-state index contributed by atoms with van der Waals surface area (Å²) >= 11 is 0. The van der Waals surface area contributed by atoms with Gasteiger partial charge >= 0.3 is 0 Å². The standard InChI is InChI=1S/C11H18N2O/c1-9(13-11(7-12)8-14)10-5-3-2-4-6-10/h2-6,9,11,13-14H,7-8,12H2,1H3. The Labute approximate surface area is 84.9 Å². The molecule has 0 saturated heterocycles. The normalized spacial score (nSPS) is 15.1. The summed E-state index contributed by atoms with van der Waals surface area (Å²) in [4.78, 5) is 0. The molecule has 0 aliphatic carbocycles. The minimum absolute atomic E-state index is 0.0230. The van der Waals surface area contributed by atoms with E-state index in [0.29, 0.717) is 6.54 Å². The summed E-state index contributed by atoms with van der Waals surface area (Å²) in [6.45, 7) is 2.59. The number of rotatable bonds is 5. The Balaban J connectivity index is 2.54. The molecule has 2 unspecified atom stereocenters. The van der Waals surface area contributed by atoms with Gasteiger partial charge in [0.05, 0.1) is 6.61 Å². The fraction of sp³-hybridized carbons (Fsp3) is 0.455. The van der Waals surface area contributed by atoms with E-state index >= 15 is 0 Å². The monoisotopic (exact) mass is 194 g/mol. The highest BCUT2D eigenvalue weighted by Gasteiger charge is 2.10. The average Bonchev–Trinajstić information content (AvgIpc) is 2.26. The topological polar surface area (TPSA) is 58.3 Å². The molecule has 0 aliphatic rings. The Morgan fingerprint density at radius 2 is 2.00 bits per heavy atom. The van der Waals surface area contributed by atoms with Gasteiger partial charge in [0.2, 0.25) is 0 Å².